The molecule has 0 bridgehead atoms. The lowest BCUT2D eigenvalue weighted by molar-refractivity contribution is -0.119. The first-order valence-corrected chi connectivity index (χ1v) is 5.53. The molecule has 1 saturated heterocycles. The van der Waals surface area contributed by atoms with Crippen LogP contribution < -0.4 is 10.6 Å². The molecule has 1 aromatic rings. The number of piperidine rings is 1. The van der Waals surface area contributed by atoms with E-state index in [1.165, 1.54) is 0 Å². The number of benzene rings is 1. The van der Waals surface area contributed by atoms with Crippen LogP contribution in [0.1, 0.15) is 0 Å². The van der Waals surface area contributed by atoms with Crippen molar-refractivity contribution in [1.82, 2.24) is 0 Å². The summed E-state index contributed by atoms with van der Waals surface area (Å²) in [5.74, 6) is 1.31. The summed E-state index contributed by atoms with van der Waals surface area (Å²) in [6.45, 7) is 1.35. The van der Waals surface area contributed by atoms with E-state index in [0.29, 0.717) is 18.4 Å². The molecule has 1 aliphatic carbocycles. The summed E-state index contributed by atoms with van der Waals surface area (Å²) in [6, 6.07) is 6.83. The summed E-state index contributed by atoms with van der Waals surface area (Å²) in [7, 11) is 0. The number of aromatic hydroxyl groups is 1. The summed E-state index contributed by atoms with van der Waals surface area (Å²) >= 11 is 0. The van der Waals surface area contributed by atoms with Crippen LogP contribution in [0.15, 0.2) is 24.3 Å². The Balaban J connectivity index is 1.82. The molecule has 1 heterocycles. The fourth-order valence-corrected chi connectivity index (χ4v) is 2.76. The molecule has 4 heteroatoms. The van der Waals surface area contributed by atoms with Crippen LogP contribution >= 0.6 is 0 Å². The van der Waals surface area contributed by atoms with Gasteiger partial charge in [-0.1, -0.05) is 6.07 Å². The third kappa shape index (κ3) is 1.23. The smallest absolute Gasteiger partial charge is 0.230 e. The molecule has 3 atom stereocenters. The Morgan fingerprint density at radius 3 is 2.88 bits per heavy atom. The van der Waals surface area contributed by atoms with Gasteiger partial charge in [0, 0.05) is 24.2 Å². The second kappa shape index (κ2) is 3.22. The van der Waals surface area contributed by atoms with Gasteiger partial charge in [0.2, 0.25) is 5.91 Å². The number of phenolic OH excluding ortho intramolecular Hbond substituents is 1. The average Bonchev–Trinajstić information content (AvgIpc) is 2.88. The van der Waals surface area contributed by atoms with E-state index < -0.39 is 0 Å². The van der Waals surface area contributed by atoms with Crippen molar-refractivity contribution in [2.75, 3.05) is 18.0 Å². The van der Waals surface area contributed by atoms with Crippen molar-refractivity contribution in [3.63, 3.8) is 0 Å². The van der Waals surface area contributed by atoms with Gasteiger partial charge in [0.05, 0.1) is 0 Å². The number of hydrogen-bond donors (Lipinski definition) is 2. The molecule has 3 unspecified atom stereocenters. The van der Waals surface area contributed by atoms with E-state index in [1.54, 1.807) is 23.1 Å². The number of carbonyl (C=O) groups is 1. The van der Waals surface area contributed by atoms with Gasteiger partial charge in [-0.15, -0.1) is 0 Å². The van der Waals surface area contributed by atoms with Gasteiger partial charge < -0.3 is 15.7 Å². The number of anilines is 1. The van der Waals surface area contributed by atoms with Gasteiger partial charge in [-0.05, 0) is 30.5 Å². The number of nitrogens with zero attached hydrogens (tertiary/aromatic N) is 1. The Bertz CT molecular complexity index is 446. The predicted octanol–water partition coefficient (Wildman–Crippen LogP) is 0.560. The highest BCUT2D eigenvalue weighted by molar-refractivity contribution is 6.00. The highest BCUT2D eigenvalue weighted by Crippen LogP contribution is 2.52. The molecular weight excluding hydrogens is 204 g/mol. The van der Waals surface area contributed by atoms with Crippen molar-refractivity contribution in [1.29, 1.82) is 0 Å². The third-order valence-corrected chi connectivity index (χ3v) is 3.69. The quantitative estimate of drug-likeness (QED) is 0.762. The van der Waals surface area contributed by atoms with E-state index >= 15 is 0 Å². The van der Waals surface area contributed by atoms with Crippen molar-refractivity contribution < 1.29 is 9.90 Å². The van der Waals surface area contributed by atoms with Gasteiger partial charge in [-0.25, -0.2) is 0 Å². The van der Waals surface area contributed by atoms with E-state index in [9.17, 15) is 9.90 Å². The zero-order valence-corrected chi connectivity index (χ0v) is 8.84. The number of rotatable bonds is 2. The molecule has 84 valence electrons. The average molecular weight is 218 g/mol. The first kappa shape index (κ1) is 9.66. The normalized spacial score (nSPS) is 31.7. The molecule has 1 amide bonds. The maximum atomic E-state index is 12.0. The molecule has 0 radical (unpaired) electrons. The summed E-state index contributed by atoms with van der Waals surface area (Å²) < 4.78 is 0. The molecule has 1 aromatic carbocycles. The Kier molecular flexibility index (Phi) is 1.94. The molecule has 2 aliphatic rings. The van der Waals surface area contributed by atoms with Crippen LogP contribution in [0.4, 0.5) is 5.69 Å². The Morgan fingerprint density at radius 1 is 1.50 bits per heavy atom. The second-order valence-electron chi connectivity index (χ2n) is 4.56. The molecule has 0 aromatic heterocycles. The first-order chi connectivity index (χ1) is 7.72. The Hall–Kier alpha value is -1.55. The monoisotopic (exact) mass is 218 g/mol. The van der Waals surface area contributed by atoms with Crippen LogP contribution in [0.5, 0.6) is 5.75 Å². The number of amides is 1. The van der Waals surface area contributed by atoms with Gasteiger partial charge in [-0.3, -0.25) is 4.79 Å². The Labute approximate surface area is 93.7 Å². The lowest BCUT2D eigenvalue weighted by Gasteiger charge is -2.19. The standard InChI is InChI=1S/C12H14N2O2/c13-5-9-10-6-14(12(16)11(9)10)7-2-1-3-8(15)4-7/h1-4,9-11,15H,5-6,13H2. The summed E-state index contributed by atoms with van der Waals surface area (Å²) in [5, 5.41) is 9.38. The number of fused-ring (bicyclic) bond motifs is 1. The van der Waals surface area contributed by atoms with Crippen LogP contribution in [0.25, 0.3) is 0 Å². The van der Waals surface area contributed by atoms with Crippen LogP contribution in [0.2, 0.25) is 0 Å². The molecule has 3 N–H and O–H groups in total. The topological polar surface area (TPSA) is 66.6 Å². The maximum Gasteiger partial charge on any atom is 0.230 e. The lowest BCUT2D eigenvalue weighted by atomic mass is 10.2. The zero-order chi connectivity index (χ0) is 11.3. The molecule has 3 rings (SSSR count). The third-order valence-electron chi connectivity index (χ3n) is 3.69. The molecule has 2 fully saturated rings. The minimum Gasteiger partial charge on any atom is -0.508 e. The highest BCUT2D eigenvalue weighted by atomic mass is 16.3. The molecular formula is C12H14N2O2. The van der Waals surface area contributed by atoms with Crippen LogP contribution in [-0.4, -0.2) is 24.1 Å². The van der Waals surface area contributed by atoms with Crippen LogP contribution in [-0.2, 0) is 4.79 Å². The van der Waals surface area contributed by atoms with E-state index in [1.807, 2.05) is 6.07 Å². The van der Waals surface area contributed by atoms with Crippen molar-refractivity contribution >= 4 is 11.6 Å². The molecule has 0 spiro atoms. The molecule has 1 aliphatic heterocycles. The summed E-state index contributed by atoms with van der Waals surface area (Å²) in [4.78, 5) is 13.8. The van der Waals surface area contributed by atoms with E-state index in [-0.39, 0.29) is 17.6 Å². The van der Waals surface area contributed by atoms with Crippen molar-refractivity contribution in [3.8, 4) is 5.75 Å². The fourth-order valence-electron chi connectivity index (χ4n) is 2.76. The zero-order valence-electron chi connectivity index (χ0n) is 8.84. The van der Waals surface area contributed by atoms with Crippen LogP contribution in [0.3, 0.4) is 0 Å². The largest absolute Gasteiger partial charge is 0.508 e. The van der Waals surface area contributed by atoms with Crippen LogP contribution in [0, 0.1) is 17.8 Å². The van der Waals surface area contributed by atoms with Gasteiger partial charge in [0.1, 0.15) is 5.75 Å². The highest BCUT2D eigenvalue weighted by Gasteiger charge is 2.60. The summed E-state index contributed by atoms with van der Waals surface area (Å²) in [6.07, 6.45) is 0. The molecule has 4 nitrogen and oxygen atoms in total. The summed E-state index contributed by atoms with van der Waals surface area (Å²) in [5.41, 5.74) is 6.37. The number of hydrogen-bond acceptors (Lipinski definition) is 3. The Morgan fingerprint density at radius 2 is 2.31 bits per heavy atom. The number of carbonyl (C=O) groups excluding carboxylic acids is 1. The van der Waals surface area contributed by atoms with Gasteiger partial charge in [0.15, 0.2) is 0 Å². The number of phenols is 1. The number of nitrogens with two attached hydrogens (primary N) is 1. The molecule has 1 saturated carbocycles. The van der Waals surface area contributed by atoms with Gasteiger partial charge >= 0.3 is 0 Å². The van der Waals surface area contributed by atoms with Crippen molar-refractivity contribution in [3.05, 3.63) is 24.3 Å². The van der Waals surface area contributed by atoms with E-state index in [0.717, 1.165) is 12.2 Å². The minimum atomic E-state index is 0.132. The fraction of sp³-hybridized carbons (Fsp3) is 0.417. The van der Waals surface area contributed by atoms with E-state index in [4.69, 9.17) is 5.73 Å². The SMILES string of the molecule is NCC1C2CN(c3cccc(O)c3)C(=O)C12. The lowest BCUT2D eigenvalue weighted by Crippen LogP contribution is -2.31. The predicted molar refractivity (Wildman–Crippen MR) is 60.0 cm³/mol. The van der Waals surface area contributed by atoms with Crippen molar-refractivity contribution in [2.45, 2.75) is 0 Å². The maximum absolute atomic E-state index is 12.0. The van der Waals surface area contributed by atoms with E-state index in [2.05, 4.69) is 0 Å². The first-order valence-electron chi connectivity index (χ1n) is 5.53. The minimum absolute atomic E-state index is 0.132. The second-order valence-corrected chi connectivity index (χ2v) is 4.56. The van der Waals surface area contributed by atoms with Crippen molar-refractivity contribution in [2.24, 2.45) is 23.5 Å². The van der Waals surface area contributed by atoms with Gasteiger partial charge in [-0.2, -0.15) is 0 Å². The molecule has 16 heavy (non-hydrogen) atoms. The van der Waals surface area contributed by atoms with Gasteiger partial charge in [0.25, 0.3) is 0 Å².